The van der Waals surface area contributed by atoms with Crippen molar-refractivity contribution in [3.8, 4) is 0 Å². The number of ether oxygens (including phenoxy) is 1. The van der Waals surface area contributed by atoms with E-state index < -0.39 is 32.3 Å². The standard InChI is InChI=1S/C6H10F4O/c7-2-1-6(9,10)5-11-4-3-8/h1-5H2. The third-order valence-electron chi connectivity index (χ3n) is 0.995. The Morgan fingerprint density at radius 1 is 1.09 bits per heavy atom. The molecule has 0 aromatic heterocycles. The van der Waals surface area contributed by atoms with E-state index in [0.29, 0.717) is 0 Å². The van der Waals surface area contributed by atoms with E-state index in [1.807, 2.05) is 0 Å². The molecule has 0 saturated carbocycles. The molecule has 11 heavy (non-hydrogen) atoms. The predicted molar refractivity (Wildman–Crippen MR) is 32.3 cm³/mol. The molecule has 0 saturated heterocycles. The summed E-state index contributed by atoms with van der Waals surface area (Å²) in [7, 11) is 0. The minimum atomic E-state index is -3.16. The van der Waals surface area contributed by atoms with Gasteiger partial charge in [-0.15, -0.1) is 0 Å². The first-order valence-electron chi connectivity index (χ1n) is 3.20. The average molecular weight is 174 g/mol. The summed E-state index contributed by atoms with van der Waals surface area (Å²) in [6.07, 6.45) is -0.862. The second kappa shape index (κ2) is 5.35. The molecule has 0 rings (SSSR count). The normalized spacial score (nSPS) is 12.0. The summed E-state index contributed by atoms with van der Waals surface area (Å²) in [6, 6.07) is 0. The highest BCUT2D eigenvalue weighted by molar-refractivity contribution is 4.63. The zero-order valence-electron chi connectivity index (χ0n) is 5.96. The van der Waals surface area contributed by atoms with Crippen LogP contribution in [0.5, 0.6) is 0 Å². The highest BCUT2D eigenvalue weighted by Crippen LogP contribution is 2.18. The third kappa shape index (κ3) is 6.09. The van der Waals surface area contributed by atoms with E-state index in [1.165, 1.54) is 0 Å². The van der Waals surface area contributed by atoms with Gasteiger partial charge in [-0.1, -0.05) is 0 Å². The second-order valence-corrected chi connectivity index (χ2v) is 2.04. The van der Waals surface area contributed by atoms with Crippen LogP contribution < -0.4 is 0 Å². The van der Waals surface area contributed by atoms with E-state index in [0.717, 1.165) is 0 Å². The topological polar surface area (TPSA) is 9.23 Å². The monoisotopic (exact) mass is 174 g/mol. The van der Waals surface area contributed by atoms with Crippen LogP contribution in [-0.2, 0) is 4.74 Å². The lowest BCUT2D eigenvalue weighted by Crippen LogP contribution is -2.24. The lowest BCUT2D eigenvalue weighted by atomic mass is 10.3. The maximum absolute atomic E-state index is 12.3. The molecule has 0 radical (unpaired) electrons. The van der Waals surface area contributed by atoms with Gasteiger partial charge in [-0.2, -0.15) is 0 Å². The van der Waals surface area contributed by atoms with Crippen molar-refractivity contribution in [2.75, 3.05) is 26.6 Å². The fourth-order valence-electron chi connectivity index (χ4n) is 0.486. The second-order valence-electron chi connectivity index (χ2n) is 2.04. The average Bonchev–Trinajstić information content (AvgIpc) is 1.87. The molecule has 0 amide bonds. The van der Waals surface area contributed by atoms with Gasteiger partial charge >= 0.3 is 0 Å². The van der Waals surface area contributed by atoms with Gasteiger partial charge in [0.1, 0.15) is 13.3 Å². The van der Waals surface area contributed by atoms with Gasteiger partial charge in [0.05, 0.1) is 13.3 Å². The van der Waals surface area contributed by atoms with Crippen molar-refractivity contribution in [3.05, 3.63) is 0 Å². The first kappa shape index (κ1) is 10.7. The van der Waals surface area contributed by atoms with Crippen molar-refractivity contribution in [1.82, 2.24) is 0 Å². The van der Waals surface area contributed by atoms with E-state index in [-0.39, 0.29) is 6.61 Å². The van der Waals surface area contributed by atoms with Crippen LogP contribution in [0.2, 0.25) is 0 Å². The van der Waals surface area contributed by atoms with Crippen LogP contribution >= 0.6 is 0 Å². The Labute approximate surface area is 62.3 Å². The Morgan fingerprint density at radius 3 is 2.18 bits per heavy atom. The highest BCUT2D eigenvalue weighted by atomic mass is 19.3. The van der Waals surface area contributed by atoms with Gasteiger partial charge in [0.25, 0.3) is 5.92 Å². The van der Waals surface area contributed by atoms with E-state index in [9.17, 15) is 17.6 Å². The van der Waals surface area contributed by atoms with Crippen molar-refractivity contribution in [3.63, 3.8) is 0 Å². The maximum atomic E-state index is 12.3. The van der Waals surface area contributed by atoms with Crippen molar-refractivity contribution < 1.29 is 22.3 Å². The zero-order chi connectivity index (χ0) is 8.74. The minimum absolute atomic E-state index is 0.359. The number of hydrogen-bond donors (Lipinski definition) is 0. The van der Waals surface area contributed by atoms with Crippen LogP contribution in [0.25, 0.3) is 0 Å². The summed E-state index contributed by atoms with van der Waals surface area (Å²) in [6.45, 7) is -3.15. The van der Waals surface area contributed by atoms with Crippen LogP contribution in [0.3, 0.4) is 0 Å². The number of rotatable bonds is 6. The lowest BCUT2D eigenvalue weighted by Gasteiger charge is -2.13. The summed E-state index contributed by atoms with van der Waals surface area (Å²) >= 11 is 0. The van der Waals surface area contributed by atoms with Crippen LogP contribution in [0.15, 0.2) is 0 Å². The first-order chi connectivity index (χ1) is 5.12. The Balaban J connectivity index is 3.38. The largest absolute Gasteiger partial charge is 0.372 e. The van der Waals surface area contributed by atoms with Crippen LogP contribution in [0.4, 0.5) is 17.6 Å². The zero-order valence-corrected chi connectivity index (χ0v) is 5.96. The molecular formula is C6H10F4O. The Morgan fingerprint density at radius 2 is 1.73 bits per heavy atom. The molecule has 0 atom stereocenters. The van der Waals surface area contributed by atoms with E-state index in [1.54, 1.807) is 0 Å². The molecule has 0 bridgehead atoms. The number of alkyl halides is 4. The van der Waals surface area contributed by atoms with Crippen molar-refractivity contribution in [1.29, 1.82) is 0 Å². The molecule has 0 aromatic rings. The van der Waals surface area contributed by atoms with Gasteiger partial charge in [-0.3, -0.25) is 4.39 Å². The fraction of sp³-hybridized carbons (Fsp3) is 1.00. The van der Waals surface area contributed by atoms with Gasteiger partial charge in [0, 0.05) is 6.42 Å². The summed E-state index contributed by atoms with van der Waals surface area (Å²) < 4.78 is 51.4. The SMILES string of the molecule is FCCOCC(F)(F)CCF. The molecule has 0 spiro atoms. The summed E-state index contributed by atoms with van der Waals surface area (Å²) in [5, 5.41) is 0. The summed E-state index contributed by atoms with van der Waals surface area (Å²) in [4.78, 5) is 0. The van der Waals surface area contributed by atoms with Gasteiger partial charge in [-0.25, -0.2) is 13.2 Å². The highest BCUT2D eigenvalue weighted by Gasteiger charge is 2.28. The quantitative estimate of drug-likeness (QED) is 0.442. The Kier molecular flexibility index (Phi) is 5.19. The molecule has 0 aliphatic rings. The maximum Gasteiger partial charge on any atom is 0.273 e. The number of hydrogen-bond acceptors (Lipinski definition) is 1. The van der Waals surface area contributed by atoms with Crippen molar-refractivity contribution >= 4 is 0 Å². The predicted octanol–water partition coefficient (Wildman–Crippen LogP) is 1.97. The third-order valence-corrected chi connectivity index (χ3v) is 0.995. The minimum Gasteiger partial charge on any atom is -0.372 e. The molecule has 0 aliphatic heterocycles. The summed E-state index contributed by atoms with van der Waals surface area (Å²) in [5.41, 5.74) is 0. The Bertz CT molecular complexity index is 96.6. The number of halogens is 4. The Hall–Kier alpha value is -0.320. The molecule has 0 aromatic carbocycles. The van der Waals surface area contributed by atoms with Crippen molar-refractivity contribution in [2.45, 2.75) is 12.3 Å². The smallest absolute Gasteiger partial charge is 0.273 e. The lowest BCUT2D eigenvalue weighted by molar-refractivity contribution is -0.0861. The molecular weight excluding hydrogens is 164 g/mol. The first-order valence-corrected chi connectivity index (χ1v) is 3.20. The van der Waals surface area contributed by atoms with Gasteiger partial charge in [-0.05, 0) is 0 Å². The van der Waals surface area contributed by atoms with Gasteiger partial charge in [0.15, 0.2) is 0 Å². The van der Waals surface area contributed by atoms with Crippen molar-refractivity contribution in [2.24, 2.45) is 0 Å². The molecule has 0 fully saturated rings. The van der Waals surface area contributed by atoms with Crippen LogP contribution in [0.1, 0.15) is 6.42 Å². The van der Waals surface area contributed by atoms with E-state index in [4.69, 9.17) is 0 Å². The molecule has 0 unspecified atom stereocenters. The van der Waals surface area contributed by atoms with Gasteiger partial charge in [0.2, 0.25) is 0 Å². The summed E-state index contributed by atoms with van der Waals surface area (Å²) in [5.74, 6) is -3.16. The molecule has 0 N–H and O–H groups in total. The molecule has 1 nitrogen and oxygen atoms in total. The van der Waals surface area contributed by atoms with E-state index in [2.05, 4.69) is 4.74 Å². The fourth-order valence-corrected chi connectivity index (χ4v) is 0.486. The van der Waals surface area contributed by atoms with Crippen LogP contribution in [0, 0.1) is 0 Å². The molecule has 0 aliphatic carbocycles. The molecule has 0 heterocycles. The van der Waals surface area contributed by atoms with Crippen LogP contribution in [-0.4, -0.2) is 32.5 Å². The molecule has 68 valence electrons. The molecule has 5 heteroatoms. The van der Waals surface area contributed by atoms with Gasteiger partial charge < -0.3 is 4.74 Å². The van der Waals surface area contributed by atoms with E-state index >= 15 is 0 Å².